The maximum absolute atomic E-state index is 12.0. The van der Waals surface area contributed by atoms with E-state index in [9.17, 15) is 13.2 Å². The molecule has 0 spiro atoms. The Morgan fingerprint density at radius 2 is 1.96 bits per heavy atom. The summed E-state index contributed by atoms with van der Waals surface area (Å²) in [6.45, 7) is 3.85. The van der Waals surface area contributed by atoms with E-state index >= 15 is 0 Å². The van der Waals surface area contributed by atoms with Gasteiger partial charge in [0, 0.05) is 5.39 Å². The predicted octanol–water partition coefficient (Wildman–Crippen LogP) is 2.39. The lowest BCUT2D eigenvalue weighted by Gasteiger charge is -2.05. The summed E-state index contributed by atoms with van der Waals surface area (Å²) in [6.07, 6.45) is 0.957. The molecule has 120 valence electrons. The molecule has 1 aromatic carbocycles. The topological polar surface area (TPSA) is 81.1 Å². The molecule has 0 aliphatic carbocycles. The fourth-order valence-corrected chi connectivity index (χ4v) is 3.92. The van der Waals surface area contributed by atoms with Crippen LogP contribution in [0.25, 0.3) is 15.9 Å². The van der Waals surface area contributed by atoms with Crippen molar-refractivity contribution in [2.45, 2.75) is 13.8 Å². The lowest BCUT2D eigenvalue weighted by atomic mass is 10.2. The van der Waals surface area contributed by atoms with Gasteiger partial charge in [0.15, 0.2) is 0 Å². The third kappa shape index (κ3) is 2.99. The minimum Gasteiger partial charge on any atom is -0.267 e. The van der Waals surface area contributed by atoms with E-state index in [0.29, 0.717) is 4.88 Å². The summed E-state index contributed by atoms with van der Waals surface area (Å²) in [5.41, 5.74) is 2.79. The Morgan fingerprint density at radius 3 is 2.61 bits per heavy atom. The van der Waals surface area contributed by atoms with Gasteiger partial charge in [-0.2, -0.15) is 5.10 Å². The number of hydrogen-bond acceptors (Lipinski definition) is 5. The van der Waals surface area contributed by atoms with Crippen molar-refractivity contribution in [3.8, 4) is 5.69 Å². The van der Waals surface area contributed by atoms with Crippen LogP contribution in [-0.2, 0) is 10.0 Å². The van der Waals surface area contributed by atoms with Crippen molar-refractivity contribution in [1.82, 2.24) is 14.5 Å². The predicted molar refractivity (Wildman–Crippen MR) is 90.7 cm³/mol. The molecule has 0 bridgehead atoms. The first-order valence-electron chi connectivity index (χ1n) is 6.83. The number of aryl methyl sites for hydroxylation is 2. The number of amides is 1. The number of rotatable bonds is 3. The highest BCUT2D eigenvalue weighted by molar-refractivity contribution is 7.89. The summed E-state index contributed by atoms with van der Waals surface area (Å²) in [5, 5.41) is 5.38. The Hall–Kier alpha value is -2.19. The van der Waals surface area contributed by atoms with Crippen LogP contribution in [0.2, 0.25) is 0 Å². The molecule has 2 aromatic heterocycles. The van der Waals surface area contributed by atoms with E-state index < -0.39 is 15.9 Å². The molecule has 3 aromatic rings. The van der Waals surface area contributed by atoms with Crippen LogP contribution in [0.15, 0.2) is 30.3 Å². The normalized spacial score (nSPS) is 11.8. The highest BCUT2D eigenvalue weighted by atomic mass is 32.2. The molecule has 0 fully saturated rings. The molecule has 3 rings (SSSR count). The molecule has 23 heavy (non-hydrogen) atoms. The highest BCUT2D eigenvalue weighted by Crippen LogP contribution is 2.31. The minimum absolute atomic E-state index is 0.341. The Labute approximate surface area is 137 Å². The molecule has 0 aliphatic rings. The summed E-state index contributed by atoms with van der Waals surface area (Å²) in [7, 11) is -3.59. The summed E-state index contributed by atoms with van der Waals surface area (Å²) in [5.74, 6) is -0.621. The first kappa shape index (κ1) is 15.7. The lowest BCUT2D eigenvalue weighted by Crippen LogP contribution is -2.28. The van der Waals surface area contributed by atoms with Gasteiger partial charge in [-0.15, -0.1) is 11.3 Å². The van der Waals surface area contributed by atoms with E-state index in [1.165, 1.54) is 11.3 Å². The van der Waals surface area contributed by atoms with Gasteiger partial charge in [0.25, 0.3) is 5.91 Å². The van der Waals surface area contributed by atoms with Gasteiger partial charge in [-0.3, -0.25) is 4.79 Å². The van der Waals surface area contributed by atoms with Crippen molar-refractivity contribution in [2.75, 3.05) is 6.26 Å². The first-order chi connectivity index (χ1) is 10.8. The average molecular weight is 349 g/mol. The van der Waals surface area contributed by atoms with Crippen LogP contribution in [0.5, 0.6) is 0 Å². The van der Waals surface area contributed by atoms with Crippen LogP contribution >= 0.6 is 11.3 Å². The number of nitrogens with one attached hydrogen (secondary N) is 1. The van der Waals surface area contributed by atoms with E-state index in [2.05, 4.69) is 5.10 Å². The molecule has 8 heteroatoms. The Kier molecular flexibility index (Phi) is 3.73. The number of carbonyl (C=O) groups excluding carboxylic acids is 1. The van der Waals surface area contributed by atoms with Gasteiger partial charge in [-0.25, -0.2) is 17.8 Å². The first-order valence-corrected chi connectivity index (χ1v) is 9.54. The van der Waals surface area contributed by atoms with Gasteiger partial charge >= 0.3 is 0 Å². The second-order valence-electron chi connectivity index (χ2n) is 5.32. The van der Waals surface area contributed by atoms with Gasteiger partial charge in [0.1, 0.15) is 4.83 Å². The second kappa shape index (κ2) is 5.47. The van der Waals surface area contributed by atoms with Crippen LogP contribution in [0.3, 0.4) is 0 Å². The van der Waals surface area contributed by atoms with Crippen molar-refractivity contribution >= 4 is 37.5 Å². The average Bonchev–Trinajstić information content (AvgIpc) is 2.99. The number of sulfonamides is 1. The van der Waals surface area contributed by atoms with Crippen LogP contribution in [0.4, 0.5) is 0 Å². The molecule has 1 N–H and O–H groups in total. The van der Waals surface area contributed by atoms with Crippen molar-refractivity contribution in [1.29, 1.82) is 0 Å². The summed E-state index contributed by atoms with van der Waals surface area (Å²) in [6, 6.07) is 9.50. The van der Waals surface area contributed by atoms with Gasteiger partial charge in [0.2, 0.25) is 10.0 Å². The quantitative estimate of drug-likeness (QED) is 0.787. The molecule has 2 heterocycles. The van der Waals surface area contributed by atoms with E-state index in [4.69, 9.17) is 0 Å². The maximum atomic E-state index is 12.0. The number of aromatic nitrogens is 2. The van der Waals surface area contributed by atoms with Crippen LogP contribution < -0.4 is 4.72 Å². The SMILES string of the molecule is Cc1ccccc1-n1nc(C)c2cc(C(=O)NS(C)(=O)=O)sc21. The minimum atomic E-state index is -3.59. The summed E-state index contributed by atoms with van der Waals surface area (Å²) < 4.78 is 26.2. The molecule has 1 amide bonds. The Morgan fingerprint density at radius 1 is 1.26 bits per heavy atom. The monoisotopic (exact) mass is 349 g/mol. The van der Waals surface area contributed by atoms with E-state index in [0.717, 1.165) is 33.4 Å². The zero-order valence-electron chi connectivity index (χ0n) is 12.8. The van der Waals surface area contributed by atoms with Crippen molar-refractivity contribution in [3.63, 3.8) is 0 Å². The van der Waals surface area contributed by atoms with Crippen LogP contribution in [0, 0.1) is 13.8 Å². The van der Waals surface area contributed by atoms with Crippen LogP contribution in [-0.4, -0.2) is 30.4 Å². The zero-order chi connectivity index (χ0) is 16.8. The number of para-hydroxylation sites is 1. The van der Waals surface area contributed by atoms with Gasteiger partial charge < -0.3 is 0 Å². The Bertz CT molecular complexity index is 1020. The number of carbonyl (C=O) groups is 1. The van der Waals surface area contributed by atoms with E-state index in [-0.39, 0.29) is 0 Å². The molecular weight excluding hydrogens is 334 g/mol. The summed E-state index contributed by atoms with van der Waals surface area (Å²) >= 11 is 1.22. The van der Waals surface area contributed by atoms with E-state index in [1.54, 1.807) is 10.7 Å². The third-order valence-electron chi connectivity index (χ3n) is 3.39. The summed E-state index contributed by atoms with van der Waals surface area (Å²) in [4.78, 5) is 13.2. The van der Waals surface area contributed by atoms with Gasteiger partial charge in [0.05, 0.1) is 22.5 Å². The third-order valence-corrected chi connectivity index (χ3v) is 5.06. The smallest absolute Gasteiger partial charge is 0.267 e. The van der Waals surface area contributed by atoms with Crippen molar-refractivity contribution < 1.29 is 13.2 Å². The molecule has 0 unspecified atom stereocenters. The molecule has 0 saturated carbocycles. The molecule has 0 radical (unpaired) electrons. The largest absolute Gasteiger partial charge is 0.274 e. The number of nitrogens with zero attached hydrogens (tertiary/aromatic N) is 2. The van der Waals surface area contributed by atoms with Crippen molar-refractivity contribution in [2.24, 2.45) is 0 Å². The maximum Gasteiger partial charge on any atom is 0.274 e. The number of thiophene rings is 1. The molecule has 0 aliphatic heterocycles. The second-order valence-corrected chi connectivity index (χ2v) is 8.10. The standard InChI is InChI=1S/C15H15N3O3S2/c1-9-6-4-5-7-12(9)18-15-11(10(2)16-18)8-13(22-15)14(19)17-23(3,20)21/h4-8H,1-3H3,(H,17,19). The van der Waals surface area contributed by atoms with E-state index in [1.807, 2.05) is 42.8 Å². The van der Waals surface area contributed by atoms with Gasteiger partial charge in [-0.1, -0.05) is 18.2 Å². The zero-order valence-corrected chi connectivity index (χ0v) is 14.5. The molecule has 6 nitrogen and oxygen atoms in total. The molecule has 0 atom stereocenters. The number of fused-ring (bicyclic) bond motifs is 1. The number of hydrogen-bond donors (Lipinski definition) is 1. The number of benzene rings is 1. The molecular formula is C15H15N3O3S2. The Balaban J connectivity index is 2.13. The van der Waals surface area contributed by atoms with Crippen molar-refractivity contribution in [3.05, 3.63) is 46.5 Å². The highest BCUT2D eigenvalue weighted by Gasteiger charge is 2.19. The molecule has 0 saturated heterocycles. The fraction of sp³-hybridized carbons (Fsp3) is 0.200. The van der Waals surface area contributed by atoms with Crippen LogP contribution in [0.1, 0.15) is 20.9 Å². The van der Waals surface area contributed by atoms with Gasteiger partial charge in [-0.05, 0) is 31.5 Å². The fourth-order valence-electron chi connectivity index (χ4n) is 2.34. The lowest BCUT2D eigenvalue weighted by molar-refractivity contribution is 0.0985.